The molecule has 0 aliphatic carbocycles. The Morgan fingerprint density at radius 2 is 2.07 bits per heavy atom. The number of aliphatic carboxylic acids is 1. The van der Waals surface area contributed by atoms with Gasteiger partial charge in [-0.1, -0.05) is 17.7 Å². The maximum atomic E-state index is 10.8. The minimum absolute atomic E-state index is 0.202. The summed E-state index contributed by atoms with van der Waals surface area (Å²) in [7, 11) is 0. The topological polar surface area (TPSA) is 40.5 Å². The van der Waals surface area contributed by atoms with Crippen LogP contribution in [0.5, 0.6) is 0 Å². The van der Waals surface area contributed by atoms with E-state index in [1.807, 2.05) is 6.92 Å². The molecule has 1 atom stereocenters. The molecular formula is C12H15NO2. The van der Waals surface area contributed by atoms with Crippen molar-refractivity contribution in [2.24, 2.45) is 5.92 Å². The van der Waals surface area contributed by atoms with Crippen LogP contribution < -0.4 is 4.90 Å². The summed E-state index contributed by atoms with van der Waals surface area (Å²) in [5.74, 6) is -0.879. The van der Waals surface area contributed by atoms with E-state index in [2.05, 4.69) is 29.2 Å². The summed E-state index contributed by atoms with van der Waals surface area (Å²) >= 11 is 0. The Labute approximate surface area is 89.3 Å². The van der Waals surface area contributed by atoms with E-state index in [9.17, 15) is 4.79 Å². The Morgan fingerprint density at radius 1 is 1.40 bits per heavy atom. The van der Waals surface area contributed by atoms with E-state index in [0.717, 1.165) is 18.7 Å². The van der Waals surface area contributed by atoms with E-state index in [-0.39, 0.29) is 5.92 Å². The lowest BCUT2D eigenvalue weighted by Crippen LogP contribution is -2.22. The number of hydrogen-bond donors (Lipinski definition) is 1. The number of hydrogen-bond acceptors (Lipinski definition) is 2. The van der Waals surface area contributed by atoms with E-state index in [0.29, 0.717) is 6.54 Å². The Bertz CT molecular complexity index is 358. The minimum Gasteiger partial charge on any atom is -0.481 e. The standard InChI is InChI=1S/C12H15NO2/c1-9-2-4-11(5-3-9)13-7-6-10(8-13)12(14)15/h2-5,10H,6-8H2,1H3,(H,14,15). The monoisotopic (exact) mass is 205 g/mol. The van der Waals surface area contributed by atoms with Gasteiger partial charge in [0.25, 0.3) is 0 Å². The van der Waals surface area contributed by atoms with Crippen LogP contribution in [-0.2, 0) is 4.79 Å². The van der Waals surface area contributed by atoms with Crippen LogP contribution in [0.4, 0.5) is 5.69 Å². The molecule has 1 fully saturated rings. The molecule has 80 valence electrons. The Hall–Kier alpha value is -1.51. The number of carboxylic acid groups (broad SMARTS) is 1. The summed E-state index contributed by atoms with van der Waals surface area (Å²) < 4.78 is 0. The number of carbonyl (C=O) groups is 1. The van der Waals surface area contributed by atoms with Crippen molar-refractivity contribution >= 4 is 11.7 Å². The fourth-order valence-electron chi connectivity index (χ4n) is 1.95. The number of rotatable bonds is 2. The summed E-state index contributed by atoms with van der Waals surface area (Å²) in [4.78, 5) is 12.9. The number of carboxylic acids is 1. The van der Waals surface area contributed by atoms with E-state index in [4.69, 9.17) is 5.11 Å². The molecular weight excluding hydrogens is 190 g/mol. The van der Waals surface area contributed by atoms with Crippen molar-refractivity contribution in [2.45, 2.75) is 13.3 Å². The molecule has 3 heteroatoms. The van der Waals surface area contributed by atoms with Crippen molar-refractivity contribution in [3.8, 4) is 0 Å². The second-order valence-corrected chi connectivity index (χ2v) is 4.11. The lowest BCUT2D eigenvalue weighted by molar-refractivity contribution is -0.140. The van der Waals surface area contributed by atoms with Crippen molar-refractivity contribution in [1.82, 2.24) is 0 Å². The van der Waals surface area contributed by atoms with Crippen molar-refractivity contribution in [3.63, 3.8) is 0 Å². The predicted octanol–water partition coefficient (Wildman–Crippen LogP) is 1.91. The predicted molar refractivity (Wildman–Crippen MR) is 59.1 cm³/mol. The Kier molecular flexibility index (Phi) is 2.62. The van der Waals surface area contributed by atoms with Gasteiger partial charge in [0.2, 0.25) is 0 Å². The minimum atomic E-state index is -0.676. The first-order chi connectivity index (χ1) is 7.16. The van der Waals surface area contributed by atoms with Crippen LogP contribution in [0.25, 0.3) is 0 Å². The van der Waals surface area contributed by atoms with E-state index in [1.165, 1.54) is 5.56 Å². The van der Waals surface area contributed by atoms with Gasteiger partial charge in [-0.15, -0.1) is 0 Å². The van der Waals surface area contributed by atoms with Crippen LogP contribution in [0.15, 0.2) is 24.3 Å². The summed E-state index contributed by atoms with van der Waals surface area (Å²) in [6, 6.07) is 8.23. The molecule has 0 aromatic heterocycles. The van der Waals surface area contributed by atoms with Crippen molar-refractivity contribution in [2.75, 3.05) is 18.0 Å². The highest BCUT2D eigenvalue weighted by atomic mass is 16.4. The summed E-state index contributed by atoms with van der Waals surface area (Å²) in [6.07, 6.45) is 0.753. The van der Waals surface area contributed by atoms with Gasteiger partial charge in [0, 0.05) is 18.8 Å². The van der Waals surface area contributed by atoms with E-state index in [1.54, 1.807) is 0 Å². The fourth-order valence-corrected chi connectivity index (χ4v) is 1.95. The fraction of sp³-hybridized carbons (Fsp3) is 0.417. The zero-order valence-corrected chi connectivity index (χ0v) is 8.81. The summed E-state index contributed by atoms with van der Waals surface area (Å²) in [6.45, 7) is 3.53. The van der Waals surface area contributed by atoms with Crippen molar-refractivity contribution < 1.29 is 9.90 Å². The first-order valence-electron chi connectivity index (χ1n) is 5.21. The SMILES string of the molecule is Cc1ccc(N2CCC(C(=O)O)C2)cc1. The van der Waals surface area contributed by atoms with Crippen LogP contribution >= 0.6 is 0 Å². The van der Waals surface area contributed by atoms with Crippen LogP contribution in [0.3, 0.4) is 0 Å². The molecule has 1 aliphatic rings. The molecule has 1 N–H and O–H groups in total. The third-order valence-corrected chi connectivity index (χ3v) is 2.94. The molecule has 0 bridgehead atoms. The smallest absolute Gasteiger partial charge is 0.308 e. The van der Waals surface area contributed by atoms with Crippen molar-refractivity contribution in [1.29, 1.82) is 0 Å². The van der Waals surface area contributed by atoms with Crippen LogP contribution in [0.1, 0.15) is 12.0 Å². The third-order valence-electron chi connectivity index (χ3n) is 2.94. The van der Waals surface area contributed by atoms with Crippen molar-refractivity contribution in [3.05, 3.63) is 29.8 Å². The molecule has 0 radical (unpaired) electrons. The average Bonchev–Trinajstić information content (AvgIpc) is 2.68. The average molecular weight is 205 g/mol. The number of aryl methyl sites for hydroxylation is 1. The molecule has 1 aliphatic heterocycles. The van der Waals surface area contributed by atoms with Gasteiger partial charge in [0.1, 0.15) is 0 Å². The quantitative estimate of drug-likeness (QED) is 0.801. The molecule has 1 unspecified atom stereocenters. The molecule has 0 amide bonds. The highest BCUT2D eigenvalue weighted by molar-refractivity contribution is 5.72. The number of nitrogens with zero attached hydrogens (tertiary/aromatic N) is 1. The molecule has 1 aromatic rings. The highest BCUT2D eigenvalue weighted by Crippen LogP contribution is 2.23. The van der Waals surface area contributed by atoms with Gasteiger partial charge in [-0.2, -0.15) is 0 Å². The van der Waals surface area contributed by atoms with Crippen LogP contribution in [0.2, 0.25) is 0 Å². The Balaban J connectivity index is 2.07. The first-order valence-corrected chi connectivity index (χ1v) is 5.21. The lowest BCUT2D eigenvalue weighted by atomic mass is 10.1. The summed E-state index contributed by atoms with van der Waals surface area (Å²) in [5, 5.41) is 8.90. The first kappa shape index (κ1) is 10.0. The molecule has 3 nitrogen and oxygen atoms in total. The van der Waals surface area contributed by atoms with Gasteiger partial charge >= 0.3 is 5.97 Å². The highest BCUT2D eigenvalue weighted by Gasteiger charge is 2.27. The molecule has 1 heterocycles. The molecule has 0 spiro atoms. The zero-order valence-electron chi connectivity index (χ0n) is 8.81. The maximum absolute atomic E-state index is 10.8. The number of benzene rings is 1. The summed E-state index contributed by atoms with van der Waals surface area (Å²) in [5.41, 5.74) is 2.36. The number of anilines is 1. The molecule has 2 rings (SSSR count). The van der Waals surface area contributed by atoms with Gasteiger partial charge in [-0.3, -0.25) is 4.79 Å². The van der Waals surface area contributed by atoms with Gasteiger partial charge in [0.05, 0.1) is 5.92 Å². The van der Waals surface area contributed by atoms with Crippen LogP contribution in [0, 0.1) is 12.8 Å². The van der Waals surface area contributed by atoms with Gasteiger partial charge < -0.3 is 10.0 Å². The Morgan fingerprint density at radius 3 is 2.60 bits per heavy atom. The van der Waals surface area contributed by atoms with E-state index < -0.39 is 5.97 Å². The van der Waals surface area contributed by atoms with Gasteiger partial charge in [-0.05, 0) is 25.5 Å². The van der Waals surface area contributed by atoms with Gasteiger partial charge in [0.15, 0.2) is 0 Å². The molecule has 15 heavy (non-hydrogen) atoms. The molecule has 1 aromatic carbocycles. The van der Waals surface area contributed by atoms with E-state index >= 15 is 0 Å². The second-order valence-electron chi connectivity index (χ2n) is 4.11. The zero-order chi connectivity index (χ0) is 10.8. The molecule has 0 saturated carbocycles. The maximum Gasteiger partial charge on any atom is 0.308 e. The van der Waals surface area contributed by atoms with Crippen LogP contribution in [-0.4, -0.2) is 24.2 Å². The third kappa shape index (κ3) is 2.12. The largest absolute Gasteiger partial charge is 0.481 e. The lowest BCUT2D eigenvalue weighted by Gasteiger charge is -2.17. The normalized spacial score (nSPS) is 20.6. The van der Waals surface area contributed by atoms with Gasteiger partial charge in [-0.25, -0.2) is 0 Å². The molecule has 1 saturated heterocycles. The second kappa shape index (κ2) is 3.93.